The van der Waals surface area contributed by atoms with Crippen molar-refractivity contribution >= 4 is 5.91 Å². The summed E-state index contributed by atoms with van der Waals surface area (Å²) >= 11 is 0. The van der Waals surface area contributed by atoms with E-state index in [1.807, 2.05) is 37.8 Å². The fourth-order valence-corrected chi connectivity index (χ4v) is 3.81. The lowest BCUT2D eigenvalue weighted by atomic mass is 10.0. The molecule has 0 N–H and O–H groups in total. The molecule has 1 saturated heterocycles. The van der Waals surface area contributed by atoms with E-state index in [0.717, 1.165) is 53.4 Å². The van der Waals surface area contributed by atoms with Crippen LogP contribution in [0.5, 0.6) is 0 Å². The molecule has 7 nitrogen and oxygen atoms in total. The minimum atomic E-state index is 0.0103. The maximum atomic E-state index is 12.8. The summed E-state index contributed by atoms with van der Waals surface area (Å²) in [4.78, 5) is 28.0. The first-order valence-electron chi connectivity index (χ1n) is 9.48. The second kappa shape index (κ2) is 7.50. The van der Waals surface area contributed by atoms with Crippen molar-refractivity contribution in [3.8, 4) is 11.3 Å². The minimum absolute atomic E-state index is 0.0103. The highest BCUT2D eigenvalue weighted by atomic mass is 16.5. The first-order chi connectivity index (χ1) is 13.5. The third-order valence-electron chi connectivity index (χ3n) is 5.26. The summed E-state index contributed by atoms with van der Waals surface area (Å²) in [7, 11) is 0. The van der Waals surface area contributed by atoms with E-state index in [-0.39, 0.29) is 5.91 Å². The van der Waals surface area contributed by atoms with Crippen LogP contribution in [-0.2, 0) is 6.42 Å². The first-order valence-corrected chi connectivity index (χ1v) is 9.48. The molecule has 0 bridgehead atoms. The van der Waals surface area contributed by atoms with Crippen LogP contribution in [0.25, 0.3) is 11.3 Å². The Bertz CT molecular complexity index is 994. The van der Waals surface area contributed by atoms with E-state index in [9.17, 15) is 4.79 Å². The molecule has 0 saturated carbocycles. The zero-order valence-electron chi connectivity index (χ0n) is 16.3. The van der Waals surface area contributed by atoms with Gasteiger partial charge in [-0.15, -0.1) is 0 Å². The van der Waals surface area contributed by atoms with E-state index >= 15 is 0 Å². The standard InChI is InChI=1S/C21H23N5O2/c1-13-5-4-7-23-20(13)21(27)26-8-6-16(12-26)9-17-10-22-11-18(24-17)19-14(2)25-28-15(19)3/h4-5,7,10-11,16H,6,8-9,12H2,1-3H3/t16-/m0/s1. The van der Waals surface area contributed by atoms with Crippen molar-refractivity contribution in [3.05, 3.63) is 59.1 Å². The quantitative estimate of drug-likeness (QED) is 0.694. The zero-order valence-corrected chi connectivity index (χ0v) is 16.3. The molecule has 1 fully saturated rings. The minimum Gasteiger partial charge on any atom is -0.361 e. The van der Waals surface area contributed by atoms with Crippen LogP contribution >= 0.6 is 0 Å². The zero-order chi connectivity index (χ0) is 19.7. The molecule has 1 aliphatic heterocycles. The molecular weight excluding hydrogens is 354 g/mol. The molecule has 0 aliphatic carbocycles. The lowest BCUT2D eigenvalue weighted by Gasteiger charge is -2.17. The van der Waals surface area contributed by atoms with Crippen LogP contribution in [0.2, 0.25) is 0 Å². The molecule has 1 amide bonds. The Morgan fingerprint density at radius 2 is 2.14 bits per heavy atom. The molecule has 0 aromatic carbocycles. The largest absolute Gasteiger partial charge is 0.361 e. The molecule has 0 unspecified atom stereocenters. The van der Waals surface area contributed by atoms with Gasteiger partial charge >= 0.3 is 0 Å². The Balaban J connectivity index is 1.46. The molecule has 1 aliphatic rings. The Labute approximate surface area is 163 Å². The number of likely N-dealkylation sites (tertiary alicyclic amines) is 1. The number of aryl methyl sites for hydroxylation is 3. The van der Waals surface area contributed by atoms with Crippen molar-refractivity contribution in [1.29, 1.82) is 0 Å². The molecule has 28 heavy (non-hydrogen) atoms. The molecule has 4 heterocycles. The summed E-state index contributed by atoms with van der Waals surface area (Å²) in [5, 5.41) is 4.00. The summed E-state index contributed by atoms with van der Waals surface area (Å²) in [6, 6.07) is 3.77. The fraction of sp³-hybridized carbons (Fsp3) is 0.381. The van der Waals surface area contributed by atoms with Gasteiger partial charge in [0.1, 0.15) is 11.5 Å². The van der Waals surface area contributed by atoms with E-state index in [1.54, 1.807) is 18.6 Å². The second-order valence-corrected chi connectivity index (χ2v) is 7.37. The predicted octanol–water partition coefficient (Wildman–Crippen LogP) is 3.16. The topological polar surface area (TPSA) is 85.0 Å². The Morgan fingerprint density at radius 3 is 2.89 bits per heavy atom. The van der Waals surface area contributed by atoms with Gasteiger partial charge in [0.15, 0.2) is 0 Å². The van der Waals surface area contributed by atoms with Gasteiger partial charge < -0.3 is 9.42 Å². The molecule has 3 aromatic heterocycles. The van der Waals surface area contributed by atoms with E-state index in [1.165, 1.54) is 0 Å². The third-order valence-corrected chi connectivity index (χ3v) is 5.26. The molecule has 3 aromatic rings. The van der Waals surface area contributed by atoms with Crippen LogP contribution < -0.4 is 0 Å². The number of rotatable bonds is 4. The van der Waals surface area contributed by atoms with Gasteiger partial charge in [-0.3, -0.25) is 14.8 Å². The number of hydrogen-bond acceptors (Lipinski definition) is 6. The van der Waals surface area contributed by atoms with Gasteiger partial charge in [-0.25, -0.2) is 4.98 Å². The maximum Gasteiger partial charge on any atom is 0.272 e. The van der Waals surface area contributed by atoms with E-state index in [0.29, 0.717) is 18.2 Å². The average molecular weight is 377 g/mol. The molecule has 0 spiro atoms. The molecule has 7 heteroatoms. The van der Waals surface area contributed by atoms with Gasteiger partial charge in [-0.2, -0.15) is 0 Å². The average Bonchev–Trinajstić information content (AvgIpc) is 3.28. The number of nitrogens with zero attached hydrogens (tertiary/aromatic N) is 5. The number of carbonyl (C=O) groups is 1. The van der Waals surface area contributed by atoms with Crippen LogP contribution in [-0.4, -0.2) is 44.0 Å². The lowest BCUT2D eigenvalue weighted by Crippen LogP contribution is -2.30. The Kier molecular flexibility index (Phi) is 4.90. The van der Waals surface area contributed by atoms with Crippen molar-refractivity contribution in [2.45, 2.75) is 33.6 Å². The maximum absolute atomic E-state index is 12.8. The van der Waals surface area contributed by atoms with Crippen molar-refractivity contribution in [1.82, 2.24) is 25.0 Å². The first kappa shape index (κ1) is 18.3. The van der Waals surface area contributed by atoms with Gasteiger partial charge in [-0.05, 0) is 51.2 Å². The summed E-state index contributed by atoms with van der Waals surface area (Å²) in [5.74, 6) is 1.12. The number of carbonyl (C=O) groups excluding carboxylic acids is 1. The van der Waals surface area contributed by atoms with Crippen LogP contribution in [0.4, 0.5) is 0 Å². The second-order valence-electron chi connectivity index (χ2n) is 7.37. The molecular formula is C21H23N5O2. The normalized spacial score (nSPS) is 16.5. The lowest BCUT2D eigenvalue weighted by molar-refractivity contribution is 0.0780. The third kappa shape index (κ3) is 3.52. The van der Waals surface area contributed by atoms with E-state index in [2.05, 4.69) is 15.1 Å². The smallest absolute Gasteiger partial charge is 0.272 e. The SMILES string of the molecule is Cc1cccnc1C(=O)N1CC[C@@H](Cc2cncc(-c3c(C)noc3C)n2)C1. The van der Waals surface area contributed by atoms with Crippen molar-refractivity contribution in [3.63, 3.8) is 0 Å². The van der Waals surface area contributed by atoms with Crippen molar-refractivity contribution in [2.24, 2.45) is 5.92 Å². The molecule has 1 atom stereocenters. The van der Waals surface area contributed by atoms with Crippen molar-refractivity contribution < 1.29 is 9.32 Å². The Hall–Kier alpha value is -3.09. The summed E-state index contributed by atoms with van der Waals surface area (Å²) in [6.45, 7) is 7.16. The molecule has 0 radical (unpaired) electrons. The van der Waals surface area contributed by atoms with Crippen molar-refractivity contribution in [2.75, 3.05) is 13.1 Å². The summed E-state index contributed by atoms with van der Waals surface area (Å²) in [5.41, 5.74) is 4.88. The van der Waals surface area contributed by atoms with Gasteiger partial charge in [0.25, 0.3) is 5.91 Å². The van der Waals surface area contributed by atoms with E-state index < -0.39 is 0 Å². The van der Waals surface area contributed by atoms with Crippen LogP contribution in [0.3, 0.4) is 0 Å². The highest BCUT2D eigenvalue weighted by Crippen LogP contribution is 2.26. The van der Waals surface area contributed by atoms with Crippen LogP contribution in [0.15, 0.2) is 35.2 Å². The highest BCUT2D eigenvalue weighted by molar-refractivity contribution is 5.93. The monoisotopic (exact) mass is 377 g/mol. The number of aromatic nitrogens is 4. The fourth-order valence-electron chi connectivity index (χ4n) is 3.81. The highest BCUT2D eigenvalue weighted by Gasteiger charge is 2.29. The molecule has 144 valence electrons. The number of amides is 1. The van der Waals surface area contributed by atoms with E-state index in [4.69, 9.17) is 9.51 Å². The van der Waals surface area contributed by atoms with Crippen LogP contribution in [0.1, 0.15) is 39.6 Å². The molecule has 4 rings (SSSR count). The summed E-state index contributed by atoms with van der Waals surface area (Å²) < 4.78 is 5.25. The van der Waals surface area contributed by atoms with Gasteiger partial charge in [0.2, 0.25) is 0 Å². The summed E-state index contributed by atoms with van der Waals surface area (Å²) in [6.07, 6.45) is 6.95. The van der Waals surface area contributed by atoms with Gasteiger partial charge in [-0.1, -0.05) is 11.2 Å². The van der Waals surface area contributed by atoms with Crippen LogP contribution in [0, 0.1) is 26.7 Å². The van der Waals surface area contributed by atoms with Gasteiger partial charge in [0, 0.05) is 25.5 Å². The van der Waals surface area contributed by atoms with Gasteiger partial charge in [0.05, 0.1) is 28.8 Å². The number of pyridine rings is 1. The Morgan fingerprint density at radius 1 is 1.29 bits per heavy atom. The number of hydrogen-bond donors (Lipinski definition) is 0. The predicted molar refractivity (Wildman–Crippen MR) is 104 cm³/mol.